The summed E-state index contributed by atoms with van der Waals surface area (Å²) in [5.41, 5.74) is 2.13. The molecule has 0 bridgehead atoms. The molecule has 4 rings (SSSR count). The monoisotopic (exact) mass is 476 g/mol. The van der Waals surface area contributed by atoms with E-state index >= 15 is 0 Å². The number of anilines is 2. The summed E-state index contributed by atoms with van der Waals surface area (Å²) >= 11 is 12.3. The number of hydrogen-bond donors (Lipinski definition) is 3. The summed E-state index contributed by atoms with van der Waals surface area (Å²) < 4.78 is 1.59. The van der Waals surface area contributed by atoms with Crippen LogP contribution in [0.1, 0.15) is 32.5 Å². The number of pyridine rings is 1. The first-order chi connectivity index (χ1) is 15.5. The molecule has 3 N–H and O–H groups in total. The number of amides is 2. The van der Waals surface area contributed by atoms with Gasteiger partial charge in [-0.2, -0.15) is 15.3 Å². The van der Waals surface area contributed by atoms with Crippen molar-refractivity contribution in [1.29, 1.82) is 0 Å². The maximum Gasteiger partial charge on any atom is 0.323 e. The minimum Gasteiger partial charge on any atom is -0.312 e. The van der Waals surface area contributed by atoms with Crippen LogP contribution >= 0.6 is 23.2 Å². The molecule has 4 aromatic heterocycles. The lowest BCUT2D eigenvalue weighted by molar-refractivity contribution is 0.262. The second-order valence-electron chi connectivity index (χ2n) is 6.23. The molecule has 4 heterocycles. The summed E-state index contributed by atoms with van der Waals surface area (Å²) in [4.78, 5) is 22.4. The third kappa shape index (κ3) is 4.96. The van der Waals surface area contributed by atoms with E-state index < -0.39 is 6.03 Å². The zero-order chi connectivity index (χ0) is 23.3. The number of aromatic nitrogens is 7. The molecule has 0 aromatic carbocycles. The average molecular weight is 477 g/mol. The summed E-state index contributed by atoms with van der Waals surface area (Å²) in [5, 5.41) is 21.4. The van der Waals surface area contributed by atoms with Crippen molar-refractivity contribution in [1.82, 2.24) is 39.9 Å². The second kappa shape index (κ2) is 10.4. The summed E-state index contributed by atoms with van der Waals surface area (Å²) in [7, 11) is 1.80. The van der Waals surface area contributed by atoms with Crippen molar-refractivity contribution >= 4 is 46.3 Å². The van der Waals surface area contributed by atoms with Crippen LogP contribution in [-0.4, -0.2) is 47.7 Å². The van der Waals surface area contributed by atoms with E-state index in [1.807, 2.05) is 20.8 Å². The molecule has 0 saturated heterocycles. The highest BCUT2D eigenvalue weighted by atomic mass is 35.5. The van der Waals surface area contributed by atoms with Crippen molar-refractivity contribution in [3.05, 3.63) is 52.8 Å². The van der Waals surface area contributed by atoms with Crippen LogP contribution in [0.15, 0.2) is 36.9 Å². The van der Waals surface area contributed by atoms with Gasteiger partial charge in [0.15, 0.2) is 16.6 Å². The minimum absolute atomic E-state index is 0.140. The molecule has 2 amide bonds. The van der Waals surface area contributed by atoms with Crippen LogP contribution in [0.5, 0.6) is 0 Å². The molecule has 0 spiro atoms. The summed E-state index contributed by atoms with van der Waals surface area (Å²) in [6, 6.07) is 2.56. The fourth-order valence-electron chi connectivity index (χ4n) is 2.83. The largest absolute Gasteiger partial charge is 0.323 e. The summed E-state index contributed by atoms with van der Waals surface area (Å²) in [6.45, 7) is 5.93. The first-order valence-electron chi connectivity index (χ1n) is 9.78. The average Bonchev–Trinajstić information content (AvgIpc) is 3.43. The zero-order valence-electron chi connectivity index (χ0n) is 17.8. The number of urea groups is 1. The molecular formula is C19H22Cl2N10O. The quantitative estimate of drug-likeness (QED) is 0.397. The van der Waals surface area contributed by atoms with E-state index in [0.29, 0.717) is 33.7 Å². The van der Waals surface area contributed by atoms with Crippen LogP contribution in [0.4, 0.5) is 16.2 Å². The smallest absolute Gasteiger partial charge is 0.312 e. The highest BCUT2D eigenvalue weighted by molar-refractivity contribution is 6.32. The molecule has 32 heavy (non-hydrogen) atoms. The number of rotatable bonds is 5. The molecule has 0 aliphatic heterocycles. The molecule has 0 aliphatic rings. The van der Waals surface area contributed by atoms with E-state index in [0.717, 1.165) is 0 Å². The van der Waals surface area contributed by atoms with Gasteiger partial charge in [0.25, 0.3) is 0 Å². The fraction of sp³-hybridized carbons (Fsp3) is 0.263. The number of halogens is 2. The molecule has 0 radical (unpaired) electrons. The second-order valence-corrected chi connectivity index (χ2v) is 7.03. The number of carbonyl (C=O) groups is 1. The number of hydrogen-bond acceptors (Lipinski definition) is 7. The number of fused-ring (bicyclic) bond motifs is 1. The number of nitrogens with one attached hydrogen (secondary N) is 3. The highest BCUT2D eigenvalue weighted by Gasteiger charge is 2.18. The van der Waals surface area contributed by atoms with Gasteiger partial charge in [0, 0.05) is 12.1 Å². The number of nitrogens with zero attached hydrogens (tertiary/aromatic N) is 7. The van der Waals surface area contributed by atoms with Crippen molar-refractivity contribution in [2.24, 2.45) is 0 Å². The predicted molar refractivity (Wildman–Crippen MR) is 124 cm³/mol. The van der Waals surface area contributed by atoms with E-state index in [2.05, 4.69) is 41.2 Å². The van der Waals surface area contributed by atoms with Crippen LogP contribution in [0.25, 0.3) is 11.5 Å². The number of carbonyl (C=O) groups excluding carboxylic acids is 1. The lowest BCUT2D eigenvalue weighted by Gasteiger charge is -2.17. The van der Waals surface area contributed by atoms with Crippen molar-refractivity contribution in [2.45, 2.75) is 26.8 Å². The topological polar surface area (TPSA) is 127 Å². The molecule has 0 aliphatic carbocycles. The first-order valence-corrected chi connectivity index (χ1v) is 10.5. The molecular weight excluding hydrogens is 455 g/mol. The van der Waals surface area contributed by atoms with E-state index in [-0.39, 0.29) is 11.1 Å². The lowest BCUT2D eigenvalue weighted by Crippen LogP contribution is -2.24. The third-order valence-corrected chi connectivity index (χ3v) is 4.73. The maximum atomic E-state index is 12.6. The molecule has 1 atom stereocenters. The van der Waals surface area contributed by atoms with Gasteiger partial charge < -0.3 is 16.0 Å². The van der Waals surface area contributed by atoms with E-state index in [1.54, 1.807) is 29.9 Å². The SMILES string of the molecule is CC.CNC(C)c1c(NC(=O)Nc2cnc(-n3nccn3)c(Cl)c2)cnc2cc(Cl)nn12. The Hall–Kier alpha value is -3.28. The molecule has 11 nitrogen and oxygen atoms in total. The Bertz CT molecular complexity index is 1210. The third-order valence-electron chi connectivity index (χ3n) is 4.27. The Balaban J connectivity index is 0.00000141. The Morgan fingerprint density at radius 2 is 1.78 bits per heavy atom. The molecule has 1 unspecified atom stereocenters. The van der Waals surface area contributed by atoms with Crippen LogP contribution in [0.3, 0.4) is 0 Å². The minimum atomic E-state index is -0.498. The van der Waals surface area contributed by atoms with Gasteiger partial charge in [-0.1, -0.05) is 37.0 Å². The van der Waals surface area contributed by atoms with Gasteiger partial charge >= 0.3 is 6.03 Å². The van der Waals surface area contributed by atoms with Gasteiger partial charge in [-0.25, -0.2) is 19.3 Å². The highest BCUT2D eigenvalue weighted by Crippen LogP contribution is 2.25. The summed E-state index contributed by atoms with van der Waals surface area (Å²) in [6.07, 6.45) is 6.03. The fourth-order valence-corrected chi connectivity index (χ4v) is 3.24. The van der Waals surface area contributed by atoms with Crippen LogP contribution in [0.2, 0.25) is 10.2 Å². The standard InChI is InChI=1S/C17H16Cl2N10O.C2H6/c1-9(20-2)15-12(8-21-14-6-13(19)27-28(14)15)26-17(30)25-10-5-11(18)16(22-7-10)29-23-3-4-24-29;1-2/h3-9,20H,1-2H3,(H2,25,26,30);1-2H3. The zero-order valence-corrected chi connectivity index (χ0v) is 19.3. The summed E-state index contributed by atoms with van der Waals surface area (Å²) in [5.74, 6) is 0.350. The van der Waals surface area contributed by atoms with Gasteiger partial charge in [-0.3, -0.25) is 0 Å². The van der Waals surface area contributed by atoms with Gasteiger partial charge in [0.1, 0.15) is 0 Å². The molecule has 13 heteroatoms. The van der Waals surface area contributed by atoms with E-state index in [9.17, 15) is 4.79 Å². The predicted octanol–water partition coefficient (Wildman–Crippen LogP) is 3.96. The normalized spacial score (nSPS) is 11.6. The van der Waals surface area contributed by atoms with Crippen LogP contribution in [0, 0.1) is 0 Å². The van der Waals surface area contributed by atoms with Crippen molar-refractivity contribution < 1.29 is 4.79 Å². The Kier molecular flexibility index (Phi) is 7.57. The van der Waals surface area contributed by atoms with Crippen molar-refractivity contribution in [2.75, 3.05) is 17.7 Å². The lowest BCUT2D eigenvalue weighted by atomic mass is 10.2. The van der Waals surface area contributed by atoms with Crippen LogP contribution < -0.4 is 16.0 Å². The van der Waals surface area contributed by atoms with Gasteiger partial charge in [0.05, 0.1) is 46.9 Å². The van der Waals surface area contributed by atoms with Crippen LogP contribution in [-0.2, 0) is 0 Å². The van der Waals surface area contributed by atoms with Gasteiger partial charge in [-0.15, -0.1) is 4.80 Å². The van der Waals surface area contributed by atoms with Gasteiger partial charge in [-0.05, 0) is 20.0 Å². The van der Waals surface area contributed by atoms with Crippen molar-refractivity contribution in [3.63, 3.8) is 0 Å². The Morgan fingerprint density at radius 1 is 1.06 bits per heavy atom. The van der Waals surface area contributed by atoms with Crippen molar-refractivity contribution in [3.8, 4) is 5.82 Å². The molecule has 4 aromatic rings. The maximum absolute atomic E-state index is 12.6. The Labute approximate surface area is 194 Å². The first kappa shape index (κ1) is 23.4. The van der Waals surface area contributed by atoms with E-state index in [1.165, 1.54) is 23.4 Å². The molecule has 0 saturated carbocycles. The Morgan fingerprint density at radius 3 is 2.44 bits per heavy atom. The molecule has 0 fully saturated rings. The van der Waals surface area contributed by atoms with Gasteiger partial charge in [0.2, 0.25) is 0 Å². The molecule has 168 valence electrons. The van der Waals surface area contributed by atoms with E-state index in [4.69, 9.17) is 23.2 Å².